The van der Waals surface area contributed by atoms with Gasteiger partial charge in [0.15, 0.2) is 5.69 Å². The summed E-state index contributed by atoms with van der Waals surface area (Å²) < 4.78 is 5.03. The maximum absolute atomic E-state index is 12.9. The molecule has 2 amide bonds. The van der Waals surface area contributed by atoms with Crippen LogP contribution in [0.2, 0.25) is 0 Å². The molecule has 0 spiro atoms. The van der Waals surface area contributed by atoms with Crippen molar-refractivity contribution in [3.8, 4) is 0 Å². The second-order valence-corrected chi connectivity index (χ2v) is 6.56. The van der Waals surface area contributed by atoms with Gasteiger partial charge >= 0.3 is 12.0 Å². The molecule has 0 radical (unpaired) electrons. The molecule has 124 valence electrons. The standard InChI is InChI=1S/C15H21N5O3/c1-2-23-14(21)13-12(16-18-17-13)11-4-3-5-19(11)15(22)20-8-9-6-10(20)7-9/h9-11H,2-8H2,1H3,(H,16,17,18). The van der Waals surface area contributed by atoms with E-state index in [1.54, 1.807) is 6.92 Å². The summed E-state index contributed by atoms with van der Waals surface area (Å²) in [6.45, 7) is 3.61. The van der Waals surface area contributed by atoms with Crippen molar-refractivity contribution in [3.05, 3.63) is 11.4 Å². The van der Waals surface area contributed by atoms with E-state index >= 15 is 0 Å². The number of nitrogens with one attached hydrogen (secondary N) is 1. The van der Waals surface area contributed by atoms with Gasteiger partial charge in [0.1, 0.15) is 5.69 Å². The summed E-state index contributed by atoms with van der Waals surface area (Å²) in [7, 11) is 0. The first-order chi connectivity index (χ1) is 11.2. The second kappa shape index (κ2) is 5.50. The summed E-state index contributed by atoms with van der Waals surface area (Å²) >= 11 is 0. The smallest absolute Gasteiger partial charge is 0.360 e. The predicted octanol–water partition coefficient (Wildman–Crippen LogP) is 1.33. The molecule has 3 saturated heterocycles. The van der Waals surface area contributed by atoms with Gasteiger partial charge in [-0.2, -0.15) is 10.3 Å². The van der Waals surface area contributed by atoms with E-state index in [1.807, 2.05) is 9.80 Å². The van der Waals surface area contributed by atoms with E-state index in [2.05, 4.69) is 15.4 Å². The lowest BCUT2D eigenvalue weighted by atomic mass is 9.86. The largest absolute Gasteiger partial charge is 0.461 e. The van der Waals surface area contributed by atoms with Gasteiger partial charge in [-0.25, -0.2) is 9.59 Å². The third kappa shape index (κ3) is 2.27. The fourth-order valence-corrected chi connectivity index (χ4v) is 4.03. The average Bonchev–Trinajstić information content (AvgIpc) is 3.25. The summed E-state index contributed by atoms with van der Waals surface area (Å²) in [4.78, 5) is 28.7. The molecule has 1 aromatic rings. The van der Waals surface area contributed by atoms with Crippen LogP contribution in [0.1, 0.15) is 54.8 Å². The summed E-state index contributed by atoms with van der Waals surface area (Å²) in [5.74, 6) is 0.200. The first-order valence-electron chi connectivity index (χ1n) is 8.34. The predicted molar refractivity (Wildman–Crippen MR) is 79.6 cm³/mol. The number of fused-ring (bicyclic) bond motifs is 1. The first-order valence-corrected chi connectivity index (χ1v) is 8.34. The maximum Gasteiger partial charge on any atom is 0.360 e. The van der Waals surface area contributed by atoms with Crippen molar-refractivity contribution in [1.82, 2.24) is 25.2 Å². The summed E-state index contributed by atoms with van der Waals surface area (Å²) in [5, 5.41) is 10.6. The molecular weight excluding hydrogens is 298 g/mol. The van der Waals surface area contributed by atoms with Gasteiger partial charge < -0.3 is 14.5 Å². The van der Waals surface area contributed by atoms with Gasteiger partial charge in [0.2, 0.25) is 0 Å². The van der Waals surface area contributed by atoms with Crippen LogP contribution in [-0.2, 0) is 4.74 Å². The Labute approximate surface area is 134 Å². The molecular formula is C15H21N5O3. The van der Waals surface area contributed by atoms with Crippen molar-refractivity contribution < 1.29 is 14.3 Å². The number of likely N-dealkylation sites (tertiary alicyclic amines) is 1. The van der Waals surface area contributed by atoms with E-state index < -0.39 is 5.97 Å². The molecule has 1 atom stereocenters. The minimum Gasteiger partial charge on any atom is -0.461 e. The number of hydrogen-bond donors (Lipinski definition) is 1. The number of H-pyrrole nitrogens is 1. The highest BCUT2D eigenvalue weighted by molar-refractivity contribution is 5.88. The normalized spacial score (nSPS) is 28.8. The van der Waals surface area contributed by atoms with E-state index in [9.17, 15) is 9.59 Å². The molecule has 4 aliphatic rings. The molecule has 4 heterocycles. The van der Waals surface area contributed by atoms with E-state index in [1.165, 1.54) is 0 Å². The third-order valence-electron chi connectivity index (χ3n) is 5.21. The SMILES string of the molecule is CCOC(=O)c1n[nH]nc1C1CCCN1C(=O)N1CC2CC1C2. The Morgan fingerprint density at radius 1 is 1.30 bits per heavy atom. The zero-order valence-electron chi connectivity index (χ0n) is 13.2. The number of carbonyl (C=O) groups is 2. The fraction of sp³-hybridized carbons (Fsp3) is 0.733. The van der Waals surface area contributed by atoms with Gasteiger partial charge in [-0.1, -0.05) is 0 Å². The number of aromatic amines is 1. The van der Waals surface area contributed by atoms with Crippen molar-refractivity contribution in [2.45, 2.75) is 44.7 Å². The van der Waals surface area contributed by atoms with Crippen LogP contribution in [0.25, 0.3) is 0 Å². The molecule has 1 saturated carbocycles. The molecule has 2 bridgehead atoms. The van der Waals surface area contributed by atoms with Crippen LogP contribution < -0.4 is 0 Å². The number of aromatic nitrogens is 3. The van der Waals surface area contributed by atoms with E-state index in [0.29, 0.717) is 24.2 Å². The van der Waals surface area contributed by atoms with Gasteiger partial charge in [0, 0.05) is 19.1 Å². The highest BCUT2D eigenvalue weighted by atomic mass is 16.5. The Morgan fingerprint density at radius 2 is 2.13 bits per heavy atom. The van der Waals surface area contributed by atoms with Gasteiger partial charge in [-0.3, -0.25) is 0 Å². The number of amides is 2. The zero-order valence-corrected chi connectivity index (χ0v) is 13.2. The number of esters is 1. The lowest BCUT2D eigenvalue weighted by Gasteiger charge is -2.32. The van der Waals surface area contributed by atoms with E-state index in [-0.39, 0.29) is 24.4 Å². The fourth-order valence-electron chi connectivity index (χ4n) is 4.03. The minimum atomic E-state index is -0.487. The monoisotopic (exact) mass is 319 g/mol. The maximum atomic E-state index is 12.9. The molecule has 8 heteroatoms. The first kappa shape index (κ1) is 14.5. The highest BCUT2D eigenvalue weighted by Crippen LogP contribution is 2.43. The van der Waals surface area contributed by atoms with Crippen LogP contribution in [0.4, 0.5) is 4.79 Å². The Morgan fingerprint density at radius 3 is 2.83 bits per heavy atom. The highest BCUT2D eigenvalue weighted by Gasteiger charge is 2.48. The van der Waals surface area contributed by atoms with Gasteiger partial charge in [-0.05, 0) is 38.5 Å². The molecule has 1 aliphatic carbocycles. The number of urea groups is 1. The molecule has 1 aromatic heterocycles. The average molecular weight is 319 g/mol. The molecule has 5 rings (SSSR count). The van der Waals surface area contributed by atoms with Crippen molar-refractivity contribution in [2.24, 2.45) is 5.92 Å². The topological polar surface area (TPSA) is 91.4 Å². The van der Waals surface area contributed by atoms with Crippen LogP contribution in [-0.4, -0.2) is 62.9 Å². The summed E-state index contributed by atoms with van der Waals surface area (Å²) in [6, 6.07) is 0.296. The molecule has 4 fully saturated rings. The van der Waals surface area contributed by atoms with Crippen molar-refractivity contribution in [1.29, 1.82) is 0 Å². The van der Waals surface area contributed by atoms with Crippen LogP contribution in [0, 0.1) is 5.92 Å². The van der Waals surface area contributed by atoms with Crippen molar-refractivity contribution in [3.63, 3.8) is 0 Å². The molecule has 0 aromatic carbocycles. The van der Waals surface area contributed by atoms with Crippen molar-refractivity contribution in [2.75, 3.05) is 19.7 Å². The Kier molecular flexibility index (Phi) is 3.46. The lowest BCUT2D eigenvalue weighted by molar-refractivity contribution is 0.0515. The zero-order chi connectivity index (χ0) is 16.0. The van der Waals surface area contributed by atoms with Gasteiger partial charge in [0.25, 0.3) is 0 Å². The lowest BCUT2D eigenvalue weighted by Crippen LogP contribution is -2.44. The van der Waals surface area contributed by atoms with Crippen LogP contribution >= 0.6 is 0 Å². The van der Waals surface area contributed by atoms with Crippen molar-refractivity contribution >= 4 is 12.0 Å². The number of carbonyl (C=O) groups excluding carboxylic acids is 2. The quantitative estimate of drug-likeness (QED) is 0.849. The Balaban J connectivity index is 1.55. The molecule has 1 unspecified atom stereocenters. The van der Waals surface area contributed by atoms with E-state index in [0.717, 1.165) is 32.2 Å². The molecule has 8 nitrogen and oxygen atoms in total. The van der Waals surface area contributed by atoms with E-state index in [4.69, 9.17) is 4.74 Å². The van der Waals surface area contributed by atoms with Gasteiger partial charge in [0.05, 0.1) is 12.6 Å². The summed E-state index contributed by atoms with van der Waals surface area (Å²) in [5.41, 5.74) is 0.725. The van der Waals surface area contributed by atoms with Gasteiger partial charge in [-0.15, -0.1) is 5.10 Å². The number of ether oxygens (including phenoxy) is 1. The number of rotatable bonds is 3. The molecule has 23 heavy (non-hydrogen) atoms. The molecule has 3 aliphatic heterocycles. The van der Waals surface area contributed by atoms with Crippen LogP contribution in [0.15, 0.2) is 0 Å². The number of nitrogens with zero attached hydrogens (tertiary/aromatic N) is 4. The third-order valence-corrected chi connectivity index (χ3v) is 5.21. The Bertz CT molecular complexity index is 624. The minimum absolute atomic E-state index is 0.0790. The van der Waals surface area contributed by atoms with Crippen LogP contribution in [0.3, 0.4) is 0 Å². The van der Waals surface area contributed by atoms with Crippen LogP contribution in [0.5, 0.6) is 0 Å². The Hall–Kier alpha value is -2.12. The number of hydrogen-bond acceptors (Lipinski definition) is 5. The molecule has 1 N–H and O–H groups in total. The second-order valence-electron chi connectivity index (χ2n) is 6.56. The summed E-state index contributed by atoms with van der Waals surface area (Å²) in [6.07, 6.45) is 3.99.